The van der Waals surface area contributed by atoms with Gasteiger partial charge in [-0.25, -0.2) is 15.0 Å². The van der Waals surface area contributed by atoms with E-state index in [0.717, 1.165) is 18.9 Å². The molecule has 1 aliphatic heterocycles. The Morgan fingerprint density at radius 2 is 1.79 bits per heavy atom. The molecule has 29 heavy (non-hydrogen) atoms. The van der Waals surface area contributed by atoms with Crippen LogP contribution in [0.1, 0.15) is 21.5 Å². The van der Waals surface area contributed by atoms with Crippen LogP contribution in [-0.4, -0.2) is 51.9 Å². The third kappa shape index (κ3) is 4.68. The van der Waals surface area contributed by atoms with Gasteiger partial charge in [0.25, 0.3) is 5.91 Å². The van der Waals surface area contributed by atoms with Crippen molar-refractivity contribution in [1.82, 2.24) is 19.9 Å². The summed E-state index contributed by atoms with van der Waals surface area (Å²) in [4.78, 5) is 29.7. The highest BCUT2D eigenvalue weighted by Gasteiger charge is 2.23. The number of anilines is 2. The van der Waals surface area contributed by atoms with Crippen LogP contribution in [0.3, 0.4) is 0 Å². The molecule has 0 saturated carbocycles. The van der Waals surface area contributed by atoms with E-state index in [1.807, 2.05) is 23.1 Å². The summed E-state index contributed by atoms with van der Waals surface area (Å²) in [6, 6.07) is 13.8. The van der Waals surface area contributed by atoms with Crippen LogP contribution in [0.2, 0.25) is 0 Å². The first-order valence-corrected chi connectivity index (χ1v) is 9.76. The van der Waals surface area contributed by atoms with Crippen molar-refractivity contribution < 1.29 is 4.79 Å². The van der Waals surface area contributed by atoms with Gasteiger partial charge in [0.1, 0.15) is 5.82 Å². The minimum Gasteiger partial charge on any atom is -0.366 e. The van der Waals surface area contributed by atoms with E-state index >= 15 is 0 Å². The predicted octanol–water partition coefficient (Wildman–Crippen LogP) is 2.75. The standard InChI is InChI=1S/C22H24N6O/c1-17-4-2-5-18(14-17)15-25-20-7-6-19(16-26-20)21(29)27-10-12-28(13-11-27)22-23-8-3-9-24-22/h2-9,14,16H,10-13,15H2,1H3,(H,25,26). The molecule has 1 N–H and O–H groups in total. The van der Waals surface area contributed by atoms with Gasteiger partial charge < -0.3 is 15.1 Å². The number of piperazine rings is 1. The molecule has 0 spiro atoms. The van der Waals surface area contributed by atoms with Crippen molar-refractivity contribution in [3.63, 3.8) is 0 Å². The molecular weight excluding hydrogens is 364 g/mol. The summed E-state index contributed by atoms with van der Waals surface area (Å²) in [6.07, 6.45) is 5.12. The monoisotopic (exact) mass is 388 g/mol. The molecule has 1 fully saturated rings. The first-order valence-electron chi connectivity index (χ1n) is 9.76. The molecule has 0 radical (unpaired) electrons. The molecule has 1 aromatic carbocycles. The fraction of sp³-hybridized carbons (Fsp3) is 0.273. The molecule has 0 atom stereocenters. The summed E-state index contributed by atoms with van der Waals surface area (Å²) < 4.78 is 0. The average Bonchev–Trinajstić information content (AvgIpc) is 2.78. The number of nitrogens with one attached hydrogen (secondary N) is 1. The Kier molecular flexibility index (Phi) is 5.65. The van der Waals surface area contributed by atoms with Crippen LogP contribution in [0.25, 0.3) is 0 Å². The fourth-order valence-electron chi connectivity index (χ4n) is 3.39. The Balaban J connectivity index is 1.31. The van der Waals surface area contributed by atoms with Crippen molar-refractivity contribution in [3.05, 3.63) is 77.7 Å². The molecule has 148 valence electrons. The number of benzene rings is 1. The molecule has 1 amide bonds. The zero-order valence-electron chi connectivity index (χ0n) is 16.5. The van der Waals surface area contributed by atoms with Gasteiger partial charge in [0.15, 0.2) is 0 Å². The Labute approximate surface area is 170 Å². The van der Waals surface area contributed by atoms with Gasteiger partial charge in [-0.2, -0.15) is 0 Å². The molecule has 4 rings (SSSR count). The molecule has 3 aromatic rings. The Hall–Kier alpha value is -3.48. The lowest BCUT2D eigenvalue weighted by Crippen LogP contribution is -2.49. The first kappa shape index (κ1) is 18.9. The van der Waals surface area contributed by atoms with E-state index in [1.165, 1.54) is 11.1 Å². The molecular formula is C22H24N6O. The number of hydrogen-bond donors (Lipinski definition) is 1. The predicted molar refractivity (Wildman–Crippen MR) is 113 cm³/mol. The summed E-state index contributed by atoms with van der Waals surface area (Å²) in [5.41, 5.74) is 3.04. The third-order valence-corrected chi connectivity index (χ3v) is 4.97. The fourth-order valence-corrected chi connectivity index (χ4v) is 3.39. The van der Waals surface area contributed by atoms with Gasteiger partial charge in [0.2, 0.25) is 5.95 Å². The van der Waals surface area contributed by atoms with Crippen molar-refractivity contribution in [3.8, 4) is 0 Å². The van der Waals surface area contributed by atoms with Crippen LogP contribution >= 0.6 is 0 Å². The van der Waals surface area contributed by atoms with E-state index in [4.69, 9.17) is 0 Å². The zero-order chi connectivity index (χ0) is 20.1. The quantitative estimate of drug-likeness (QED) is 0.724. The molecule has 1 aliphatic rings. The molecule has 0 unspecified atom stereocenters. The molecule has 0 bridgehead atoms. The number of aryl methyl sites for hydroxylation is 1. The Morgan fingerprint density at radius 1 is 1.00 bits per heavy atom. The number of nitrogens with zero attached hydrogens (tertiary/aromatic N) is 5. The molecule has 0 aliphatic carbocycles. The molecule has 1 saturated heterocycles. The van der Waals surface area contributed by atoms with Gasteiger partial charge in [0.05, 0.1) is 5.56 Å². The van der Waals surface area contributed by atoms with Crippen LogP contribution in [-0.2, 0) is 6.54 Å². The minimum absolute atomic E-state index is 0.0105. The maximum absolute atomic E-state index is 12.8. The van der Waals surface area contributed by atoms with E-state index < -0.39 is 0 Å². The van der Waals surface area contributed by atoms with Gasteiger partial charge in [-0.3, -0.25) is 4.79 Å². The number of carbonyl (C=O) groups excluding carboxylic acids is 1. The topological polar surface area (TPSA) is 74.2 Å². The summed E-state index contributed by atoms with van der Waals surface area (Å²) in [5.74, 6) is 1.48. The van der Waals surface area contributed by atoms with Crippen molar-refractivity contribution >= 4 is 17.7 Å². The summed E-state index contributed by atoms with van der Waals surface area (Å²) in [6.45, 7) is 5.51. The summed E-state index contributed by atoms with van der Waals surface area (Å²) in [5, 5.41) is 3.30. The second-order valence-corrected chi connectivity index (χ2v) is 7.10. The van der Waals surface area contributed by atoms with Gasteiger partial charge in [0, 0.05) is 51.3 Å². The second-order valence-electron chi connectivity index (χ2n) is 7.10. The van der Waals surface area contributed by atoms with Crippen LogP contribution in [0.5, 0.6) is 0 Å². The van der Waals surface area contributed by atoms with Gasteiger partial charge in [-0.05, 0) is 30.7 Å². The number of aromatic nitrogens is 3. The summed E-state index contributed by atoms with van der Waals surface area (Å²) >= 11 is 0. The Bertz CT molecular complexity index is 953. The van der Waals surface area contributed by atoms with Gasteiger partial charge in [-0.15, -0.1) is 0 Å². The van der Waals surface area contributed by atoms with Crippen molar-refractivity contribution in [2.24, 2.45) is 0 Å². The van der Waals surface area contributed by atoms with Gasteiger partial charge >= 0.3 is 0 Å². The normalized spacial score (nSPS) is 14.0. The van der Waals surface area contributed by atoms with E-state index in [0.29, 0.717) is 31.1 Å². The van der Waals surface area contributed by atoms with Crippen LogP contribution in [0.15, 0.2) is 61.1 Å². The zero-order valence-corrected chi connectivity index (χ0v) is 16.5. The highest BCUT2D eigenvalue weighted by molar-refractivity contribution is 5.94. The molecule has 7 heteroatoms. The minimum atomic E-state index is 0.0105. The first-order chi connectivity index (χ1) is 14.2. The van der Waals surface area contributed by atoms with Crippen LogP contribution in [0, 0.1) is 6.92 Å². The third-order valence-electron chi connectivity index (χ3n) is 4.97. The molecule has 7 nitrogen and oxygen atoms in total. The van der Waals surface area contributed by atoms with Crippen molar-refractivity contribution in [1.29, 1.82) is 0 Å². The maximum Gasteiger partial charge on any atom is 0.255 e. The van der Waals surface area contributed by atoms with Crippen molar-refractivity contribution in [2.75, 3.05) is 36.4 Å². The molecule has 2 aromatic heterocycles. The highest BCUT2D eigenvalue weighted by Crippen LogP contribution is 2.14. The SMILES string of the molecule is Cc1cccc(CNc2ccc(C(=O)N3CCN(c4ncccn4)CC3)cn2)c1. The second kappa shape index (κ2) is 8.68. The maximum atomic E-state index is 12.8. The largest absolute Gasteiger partial charge is 0.366 e. The van der Waals surface area contributed by atoms with E-state index in [9.17, 15) is 4.79 Å². The molecule has 3 heterocycles. The van der Waals surface area contributed by atoms with Crippen LogP contribution in [0.4, 0.5) is 11.8 Å². The lowest BCUT2D eigenvalue weighted by Gasteiger charge is -2.34. The van der Waals surface area contributed by atoms with Crippen molar-refractivity contribution in [2.45, 2.75) is 13.5 Å². The number of rotatable bonds is 5. The van der Waals surface area contributed by atoms with Crippen LogP contribution < -0.4 is 10.2 Å². The van der Waals surface area contributed by atoms with E-state index in [2.05, 4.69) is 50.3 Å². The lowest BCUT2D eigenvalue weighted by molar-refractivity contribution is 0.0746. The van der Waals surface area contributed by atoms with E-state index in [-0.39, 0.29) is 5.91 Å². The lowest BCUT2D eigenvalue weighted by atomic mass is 10.1. The van der Waals surface area contributed by atoms with Gasteiger partial charge in [-0.1, -0.05) is 29.8 Å². The Morgan fingerprint density at radius 3 is 2.48 bits per heavy atom. The number of hydrogen-bond acceptors (Lipinski definition) is 6. The number of pyridine rings is 1. The number of amides is 1. The summed E-state index contributed by atoms with van der Waals surface area (Å²) in [7, 11) is 0. The average molecular weight is 388 g/mol. The highest BCUT2D eigenvalue weighted by atomic mass is 16.2. The smallest absolute Gasteiger partial charge is 0.255 e. The number of carbonyl (C=O) groups is 1. The van der Waals surface area contributed by atoms with E-state index in [1.54, 1.807) is 24.7 Å².